The molecular formula is C11H17NO7. The number of carbonyl (C=O) groups is 3. The van der Waals surface area contributed by atoms with Crippen LogP contribution in [0.25, 0.3) is 0 Å². The third-order valence-corrected chi connectivity index (χ3v) is 2.23. The van der Waals surface area contributed by atoms with Crippen molar-refractivity contribution in [2.45, 2.75) is 45.7 Å². The van der Waals surface area contributed by atoms with Crippen LogP contribution in [0.3, 0.4) is 0 Å². The molecule has 0 aliphatic carbocycles. The average molecular weight is 275 g/mol. The minimum absolute atomic E-state index is 0.0348. The van der Waals surface area contributed by atoms with Gasteiger partial charge in [-0.2, -0.15) is 0 Å². The third kappa shape index (κ3) is 5.66. The van der Waals surface area contributed by atoms with E-state index in [0.717, 1.165) is 0 Å². The minimum Gasteiger partial charge on any atom is -0.463 e. The number of nitrogens with one attached hydrogen (secondary N) is 1. The molecule has 19 heavy (non-hydrogen) atoms. The molecule has 1 N–H and O–H groups in total. The fourth-order valence-electron chi connectivity index (χ4n) is 1.58. The summed E-state index contributed by atoms with van der Waals surface area (Å²) in [7, 11) is 0. The smallest absolute Gasteiger partial charge is 0.303 e. The molecule has 0 saturated carbocycles. The van der Waals surface area contributed by atoms with Crippen LogP contribution < -0.4 is 5.48 Å². The number of rotatable bonds is 5. The lowest BCUT2D eigenvalue weighted by Gasteiger charge is -2.17. The van der Waals surface area contributed by atoms with Crippen LogP contribution in [0.1, 0.15) is 27.2 Å². The second-order valence-corrected chi connectivity index (χ2v) is 4.09. The largest absolute Gasteiger partial charge is 0.463 e. The highest BCUT2D eigenvalue weighted by atomic mass is 16.8. The van der Waals surface area contributed by atoms with Crippen LogP contribution in [0.2, 0.25) is 0 Å². The van der Waals surface area contributed by atoms with E-state index in [1.54, 1.807) is 0 Å². The van der Waals surface area contributed by atoms with Crippen molar-refractivity contribution >= 4 is 17.8 Å². The van der Waals surface area contributed by atoms with Gasteiger partial charge >= 0.3 is 11.9 Å². The summed E-state index contributed by atoms with van der Waals surface area (Å²) in [5, 5.41) is 0. The monoisotopic (exact) mass is 275 g/mol. The predicted molar refractivity (Wildman–Crippen MR) is 60.4 cm³/mol. The summed E-state index contributed by atoms with van der Waals surface area (Å²) in [6.45, 7) is 3.85. The highest BCUT2D eigenvalue weighted by molar-refractivity contribution is 5.71. The molecule has 1 fully saturated rings. The van der Waals surface area contributed by atoms with Crippen LogP contribution in [0.4, 0.5) is 0 Å². The van der Waals surface area contributed by atoms with Crippen molar-refractivity contribution in [2.24, 2.45) is 0 Å². The van der Waals surface area contributed by atoms with E-state index in [1.807, 2.05) is 0 Å². The van der Waals surface area contributed by atoms with Crippen molar-refractivity contribution in [3.05, 3.63) is 0 Å². The van der Waals surface area contributed by atoms with E-state index in [9.17, 15) is 14.4 Å². The normalized spacial score (nSPS) is 25.7. The van der Waals surface area contributed by atoms with Crippen LogP contribution >= 0.6 is 0 Å². The number of amides is 1. The van der Waals surface area contributed by atoms with Gasteiger partial charge in [-0.1, -0.05) is 0 Å². The maximum atomic E-state index is 11.0. The first-order valence-corrected chi connectivity index (χ1v) is 5.76. The molecule has 0 unspecified atom stereocenters. The number of carbonyl (C=O) groups excluding carboxylic acids is 3. The summed E-state index contributed by atoms with van der Waals surface area (Å²) in [4.78, 5) is 37.4. The van der Waals surface area contributed by atoms with Crippen LogP contribution in [-0.4, -0.2) is 43.0 Å². The molecule has 8 nitrogen and oxygen atoms in total. The van der Waals surface area contributed by atoms with E-state index in [0.29, 0.717) is 6.42 Å². The molecule has 1 rings (SSSR count). The van der Waals surface area contributed by atoms with Crippen molar-refractivity contribution in [1.29, 1.82) is 0 Å². The van der Waals surface area contributed by atoms with Crippen LogP contribution in [-0.2, 0) is 33.4 Å². The van der Waals surface area contributed by atoms with Gasteiger partial charge in [0.25, 0.3) is 0 Å². The predicted octanol–water partition coefficient (Wildman–Crippen LogP) is -0.336. The topological polar surface area (TPSA) is 100 Å². The maximum absolute atomic E-state index is 11.0. The minimum atomic E-state index is -0.923. The van der Waals surface area contributed by atoms with Crippen LogP contribution in [0.5, 0.6) is 0 Å². The van der Waals surface area contributed by atoms with Gasteiger partial charge in [-0.3, -0.25) is 14.4 Å². The Hall–Kier alpha value is -1.67. The fraction of sp³-hybridized carbons (Fsp3) is 0.727. The molecule has 3 atom stereocenters. The SMILES string of the molecule is CC(=O)NO[C@H]1O[C@H](COC(C)=O)C[C@H]1OC(C)=O. The lowest BCUT2D eigenvalue weighted by molar-refractivity contribution is -0.212. The van der Waals surface area contributed by atoms with Gasteiger partial charge in [0.05, 0.1) is 6.10 Å². The first-order chi connectivity index (χ1) is 8.88. The number of hydroxylamine groups is 1. The maximum Gasteiger partial charge on any atom is 0.303 e. The van der Waals surface area contributed by atoms with Gasteiger partial charge in [-0.25, -0.2) is 10.3 Å². The summed E-state index contributed by atoms with van der Waals surface area (Å²) in [6, 6.07) is 0. The molecule has 0 bridgehead atoms. The molecule has 1 saturated heterocycles. The molecule has 0 aromatic rings. The van der Waals surface area contributed by atoms with Crippen molar-refractivity contribution in [2.75, 3.05) is 6.61 Å². The molecule has 0 aromatic carbocycles. The summed E-state index contributed by atoms with van der Waals surface area (Å²) in [5.41, 5.74) is 2.11. The fourth-order valence-corrected chi connectivity index (χ4v) is 1.58. The molecule has 1 amide bonds. The van der Waals surface area contributed by atoms with Gasteiger partial charge in [-0.05, 0) is 0 Å². The van der Waals surface area contributed by atoms with E-state index in [1.165, 1.54) is 20.8 Å². The van der Waals surface area contributed by atoms with Gasteiger partial charge in [0.2, 0.25) is 12.2 Å². The molecule has 0 radical (unpaired) electrons. The lowest BCUT2D eigenvalue weighted by atomic mass is 10.2. The van der Waals surface area contributed by atoms with Crippen molar-refractivity contribution in [3.63, 3.8) is 0 Å². The molecule has 8 heteroatoms. The van der Waals surface area contributed by atoms with Gasteiger partial charge in [-0.15, -0.1) is 0 Å². The van der Waals surface area contributed by atoms with Crippen LogP contribution in [0.15, 0.2) is 0 Å². The van der Waals surface area contributed by atoms with E-state index in [-0.39, 0.29) is 6.61 Å². The summed E-state index contributed by atoms with van der Waals surface area (Å²) >= 11 is 0. The zero-order chi connectivity index (χ0) is 14.4. The molecular weight excluding hydrogens is 258 g/mol. The van der Waals surface area contributed by atoms with Gasteiger partial charge in [0.15, 0.2) is 6.10 Å². The third-order valence-electron chi connectivity index (χ3n) is 2.23. The highest BCUT2D eigenvalue weighted by Crippen LogP contribution is 2.24. The summed E-state index contributed by atoms with van der Waals surface area (Å²) in [5.74, 6) is -1.33. The first-order valence-electron chi connectivity index (χ1n) is 5.76. The Balaban J connectivity index is 2.51. The number of hydrogen-bond acceptors (Lipinski definition) is 7. The van der Waals surface area contributed by atoms with Gasteiger partial charge in [0, 0.05) is 27.2 Å². The van der Waals surface area contributed by atoms with Crippen molar-refractivity contribution in [3.8, 4) is 0 Å². The Kier molecular flexibility index (Phi) is 5.71. The number of hydrogen-bond donors (Lipinski definition) is 1. The number of ether oxygens (including phenoxy) is 3. The quantitative estimate of drug-likeness (QED) is 0.541. The Bertz CT molecular complexity index is 357. The Morgan fingerprint density at radius 2 is 1.89 bits per heavy atom. The van der Waals surface area contributed by atoms with Crippen molar-refractivity contribution < 1.29 is 33.4 Å². The van der Waals surface area contributed by atoms with E-state index >= 15 is 0 Å². The Labute approximate surface area is 110 Å². The lowest BCUT2D eigenvalue weighted by Crippen LogP contribution is -2.35. The van der Waals surface area contributed by atoms with E-state index in [2.05, 4.69) is 5.48 Å². The van der Waals surface area contributed by atoms with E-state index in [4.69, 9.17) is 19.0 Å². The van der Waals surface area contributed by atoms with E-state index < -0.39 is 36.3 Å². The number of esters is 2. The average Bonchev–Trinajstić information content (AvgIpc) is 2.65. The zero-order valence-electron chi connectivity index (χ0n) is 11.0. The first kappa shape index (κ1) is 15.4. The molecule has 0 spiro atoms. The molecule has 0 aromatic heterocycles. The van der Waals surface area contributed by atoms with Gasteiger partial charge < -0.3 is 14.2 Å². The van der Waals surface area contributed by atoms with Crippen molar-refractivity contribution in [1.82, 2.24) is 5.48 Å². The van der Waals surface area contributed by atoms with Crippen LogP contribution in [0, 0.1) is 0 Å². The molecule has 108 valence electrons. The Morgan fingerprint density at radius 1 is 1.21 bits per heavy atom. The second kappa shape index (κ2) is 7.05. The summed E-state index contributed by atoms with van der Waals surface area (Å²) in [6.07, 6.45) is -1.72. The molecule has 1 aliphatic heterocycles. The highest BCUT2D eigenvalue weighted by Gasteiger charge is 2.39. The molecule has 1 heterocycles. The zero-order valence-corrected chi connectivity index (χ0v) is 11.0. The van der Waals surface area contributed by atoms with Gasteiger partial charge in [0.1, 0.15) is 6.61 Å². The Morgan fingerprint density at radius 3 is 2.42 bits per heavy atom. The summed E-state index contributed by atoms with van der Waals surface area (Å²) < 4.78 is 15.2. The second-order valence-electron chi connectivity index (χ2n) is 4.09. The standard InChI is InChI=1S/C11H17NO7/c1-6(13)12-19-11-10(17-8(3)15)4-9(18-11)5-16-7(2)14/h9-11H,4-5H2,1-3H3,(H,12,13)/t9-,10+,11+/m0/s1. The molecule has 1 aliphatic rings.